The Hall–Kier alpha value is -1.96. The molecule has 100 valence electrons. The normalized spacial score (nSPS) is 10.3. The molecule has 8 heteroatoms. The molecule has 0 radical (unpaired) electrons. The molecule has 2 aromatic rings. The van der Waals surface area contributed by atoms with Crippen molar-refractivity contribution in [2.24, 2.45) is 0 Å². The summed E-state index contributed by atoms with van der Waals surface area (Å²) in [6.45, 7) is 2.22. The number of nitrogens with one attached hydrogen (secondary N) is 1. The van der Waals surface area contributed by atoms with Gasteiger partial charge in [0.1, 0.15) is 5.82 Å². The van der Waals surface area contributed by atoms with Crippen molar-refractivity contribution in [3.8, 4) is 6.01 Å². The molecule has 1 aromatic heterocycles. The van der Waals surface area contributed by atoms with Crippen molar-refractivity contribution < 1.29 is 9.13 Å². The molecule has 0 aliphatic rings. The summed E-state index contributed by atoms with van der Waals surface area (Å²) in [7, 11) is 0. The highest BCUT2D eigenvalue weighted by Crippen LogP contribution is 2.21. The molecular weight excluding hydrogens is 317 g/mol. The van der Waals surface area contributed by atoms with Crippen LogP contribution in [0, 0.1) is 5.82 Å². The Morgan fingerprint density at radius 3 is 2.84 bits per heavy atom. The van der Waals surface area contributed by atoms with E-state index in [0.29, 0.717) is 16.8 Å². The van der Waals surface area contributed by atoms with E-state index in [1.807, 2.05) is 0 Å². The topological polar surface area (TPSA) is 86.0 Å². The number of nitrogens with zero attached hydrogens (tertiary/aromatic N) is 3. The molecule has 0 atom stereocenters. The predicted molar refractivity (Wildman–Crippen MR) is 72.8 cm³/mol. The molecule has 0 unspecified atom stereocenters. The first-order valence-corrected chi connectivity index (χ1v) is 6.24. The van der Waals surface area contributed by atoms with E-state index < -0.39 is 5.82 Å². The lowest BCUT2D eigenvalue weighted by molar-refractivity contribution is 0.312. The van der Waals surface area contributed by atoms with Gasteiger partial charge in [-0.25, -0.2) is 4.39 Å². The standard InChI is InChI=1S/C11H11BrFN5O/c1-2-19-11-17-9(14)16-10(18-11)15-6-3-4-7(12)8(13)5-6/h3-5H,2H2,1H3,(H3,14,15,16,17,18). The first kappa shape index (κ1) is 13.5. The van der Waals surface area contributed by atoms with Crippen molar-refractivity contribution >= 4 is 33.5 Å². The molecule has 1 heterocycles. The third-order valence-corrected chi connectivity index (χ3v) is 2.72. The first-order chi connectivity index (χ1) is 9.08. The van der Waals surface area contributed by atoms with Gasteiger partial charge in [-0.1, -0.05) is 0 Å². The van der Waals surface area contributed by atoms with Gasteiger partial charge >= 0.3 is 6.01 Å². The Labute approximate surface area is 117 Å². The van der Waals surface area contributed by atoms with Crippen molar-refractivity contribution in [1.82, 2.24) is 15.0 Å². The molecule has 0 fully saturated rings. The molecule has 0 aliphatic carbocycles. The number of rotatable bonds is 4. The maximum absolute atomic E-state index is 13.4. The fraction of sp³-hybridized carbons (Fsp3) is 0.182. The second-order valence-electron chi connectivity index (χ2n) is 3.49. The van der Waals surface area contributed by atoms with Gasteiger partial charge in [0.05, 0.1) is 11.1 Å². The Bertz CT molecular complexity index is 595. The zero-order valence-electron chi connectivity index (χ0n) is 10.0. The zero-order chi connectivity index (χ0) is 13.8. The number of ether oxygens (including phenoxy) is 1. The second kappa shape index (κ2) is 5.79. The Kier molecular flexibility index (Phi) is 4.10. The minimum atomic E-state index is -0.392. The highest BCUT2D eigenvalue weighted by Gasteiger charge is 2.07. The summed E-state index contributed by atoms with van der Waals surface area (Å²) in [5.74, 6) is -0.173. The molecule has 0 saturated carbocycles. The number of hydrogen-bond donors (Lipinski definition) is 2. The molecule has 2 rings (SSSR count). The van der Waals surface area contributed by atoms with Crippen molar-refractivity contribution in [1.29, 1.82) is 0 Å². The molecule has 0 saturated heterocycles. The number of anilines is 3. The van der Waals surface area contributed by atoms with Crippen molar-refractivity contribution in [3.05, 3.63) is 28.5 Å². The fourth-order valence-electron chi connectivity index (χ4n) is 1.32. The van der Waals surface area contributed by atoms with E-state index in [4.69, 9.17) is 10.5 Å². The summed E-state index contributed by atoms with van der Waals surface area (Å²) < 4.78 is 18.9. The van der Waals surface area contributed by atoms with Crippen molar-refractivity contribution in [2.75, 3.05) is 17.7 Å². The van der Waals surface area contributed by atoms with Gasteiger partial charge in [0.25, 0.3) is 0 Å². The zero-order valence-corrected chi connectivity index (χ0v) is 11.6. The third kappa shape index (κ3) is 3.50. The third-order valence-electron chi connectivity index (χ3n) is 2.08. The van der Waals surface area contributed by atoms with Gasteiger partial charge in [-0.3, -0.25) is 0 Å². The quantitative estimate of drug-likeness (QED) is 0.897. The van der Waals surface area contributed by atoms with E-state index in [9.17, 15) is 4.39 Å². The van der Waals surface area contributed by atoms with Crippen LogP contribution in [0.4, 0.5) is 22.0 Å². The average molecular weight is 328 g/mol. The molecular formula is C11H11BrFN5O. The van der Waals surface area contributed by atoms with E-state index in [0.717, 1.165) is 0 Å². The average Bonchev–Trinajstić information content (AvgIpc) is 2.33. The fourth-order valence-corrected chi connectivity index (χ4v) is 1.57. The van der Waals surface area contributed by atoms with Crippen LogP contribution >= 0.6 is 15.9 Å². The summed E-state index contributed by atoms with van der Waals surface area (Å²) >= 11 is 3.07. The lowest BCUT2D eigenvalue weighted by Gasteiger charge is -2.07. The molecule has 0 amide bonds. The minimum absolute atomic E-state index is 0.0264. The van der Waals surface area contributed by atoms with Crippen LogP contribution in [-0.4, -0.2) is 21.6 Å². The predicted octanol–water partition coefficient (Wildman–Crippen LogP) is 2.50. The number of aromatic nitrogens is 3. The van der Waals surface area contributed by atoms with Crippen LogP contribution in [0.15, 0.2) is 22.7 Å². The van der Waals surface area contributed by atoms with E-state index >= 15 is 0 Å². The summed E-state index contributed by atoms with van der Waals surface area (Å²) in [5.41, 5.74) is 6.03. The van der Waals surface area contributed by atoms with E-state index in [-0.39, 0.29) is 17.9 Å². The number of benzene rings is 1. The molecule has 3 N–H and O–H groups in total. The summed E-state index contributed by atoms with van der Waals surface area (Å²) in [6.07, 6.45) is 0. The van der Waals surface area contributed by atoms with Crippen LogP contribution in [-0.2, 0) is 0 Å². The number of nitrogens with two attached hydrogens (primary N) is 1. The molecule has 1 aromatic carbocycles. The van der Waals surface area contributed by atoms with Gasteiger partial charge in [0.15, 0.2) is 0 Å². The van der Waals surface area contributed by atoms with E-state index in [1.165, 1.54) is 6.07 Å². The smallest absolute Gasteiger partial charge is 0.323 e. The van der Waals surface area contributed by atoms with Crippen LogP contribution in [0.25, 0.3) is 0 Å². The Morgan fingerprint density at radius 2 is 2.16 bits per heavy atom. The van der Waals surface area contributed by atoms with Gasteiger partial charge < -0.3 is 15.8 Å². The lowest BCUT2D eigenvalue weighted by atomic mass is 10.3. The SMILES string of the molecule is CCOc1nc(N)nc(Nc2ccc(Br)c(F)c2)n1. The van der Waals surface area contributed by atoms with Gasteiger partial charge in [-0.2, -0.15) is 15.0 Å². The summed E-state index contributed by atoms with van der Waals surface area (Å²) in [5, 5.41) is 2.83. The lowest BCUT2D eigenvalue weighted by Crippen LogP contribution is -2.06. The monoisotopic (exact) mass is 327 g/mol. The number of hydrogen-bond acceptors (Lipinski definition) is 6. The molecule has 0 bridgehead atoms. The molecule has 0 aliphatic heterocycles. The maximum Gasteiger partial charge on any atom is 0.323 e. The second-order valence-corrected chi connectivity index (χ2v) is 4.34. The van der Waals surface area contributed by atoms with Crippen LogP contribution in [0.1, 0.15) is 6.92 Å². The Balaban J connectivity index is 2.24. The van der Waals surface area contributed by atoms with Crippen LogP contribution < -0.4 is 15.8 Å². The molecule has 6 nitrogen and oxygen atoms in total. The highest BCUT2D eigenvalue weighted by atomic mass is 79.9. The number of nitrogen functional groups attached to an aromatic ring is 1. The van der Waals surface area contributed by atoms with Crippen molar-refractivity contribution in [2.45, 2.75) is 6.92 Å². The maximum atomic E-state index is 13.4. The van der Waals surface area contributed by atoms with E-state index in [2.05, 4.69) is 36.2 Å². The van der Waals surface area contributed by atoms with Gasteiger partial charge in [-0.05, 0) is 41.1 Å². The van der Waals surface area contributed by atoms with Gasteiger partial charge in [0.2, 0.25) is 11.9 Å². The summed E-state index contributed by atoms with van der Waals surface area (Å²) in [4.78, 5) is 11.7. The van der Waals surface area contributed by atoms with Crippen LogP contribution in [0.5, 0.6) is 6.01 Å². The molecule has 19 heavy (non-hydrogen) atoms. The first-order valence-electron chi connectivity index (χ1n) is 5.45. The minimum Gasteiger partial charge on any atom is -0.464 e. The highest BCUT2D eigenvalue weighted by molar-refractivity contribution is 9.10. The molecule has 0 spiro atoms. The van der Waals surface area contributed by atoms with E-state index in [1.54, 1.807) is 19.1 Å². The van der Waals surface area contributed by atoms with Crippen molar-refractivity contribution in [3.63, 3.8) is 0 Å². The van der Waals surface area contributed by atoms with Gasteiger partial charge in [-0.15, -0.1) is 0 Å². The van der Waals surface area contributed by atoms with Crippen LogP contribution in [0.3, 0.4) is 0 Å². The van der Waals surface area contributed by atoms with Crippen LogP contribution in [0.2, 0.25) is 0 Å². The summed E-state index contributed by atoms with van der Waals surface area (Å²) in [6, 6.07) is 4.68. The Morgan fingerprint density at radius 1 is 1.37 bits per heavy atom. The largest absolute Gasteiger partial charge is 0.464 e. The van der Waals surface area contributed by atoms with Gasteiger partial charge in [0, 0.05) is 5.69 Å². The number of halogens is 2.